The van der Waals surface area contributed by atoms with E-state index >= 15 is 0 Å². The van der Waals surface area contributed by atoms with Crippen molar-refractivity contribution >= 4 is 23.2 Å². The molecule has 0 saturated heterocycles. The summed E-state index contributed by atoms with van der Waals surface area (Å²) in [6, 6.07) is 4.44. The number of aromatic hydroxyl groups is 1. The largest absolute Gasteiger partial charge is 0.508 e. The predicted molar refractivity (Wildman–Crippen MR) is 73.7 cm³/mol. The summed E-state index contributed by atoms with van der Waals surface area (Å²) in [5.41, 5.74) is 0.803. The van der Waals surface area contributed by atoms with Crippen LogP contribution in [0.15, 0.2) is 30.6 Å². The van der Waals surface area contributed by atoms with Crippen LogP contribution in [0.1, 0.15) is 30.2 Å². The minimum absolute atomic E-state index is 0.00701. The molecular weight excluding hydrogens is 266 g/mol. The van der Waals surface area contributed by atoms with Crippen molar-refractivity contribution in [2.24, 2.45) is 0 Å². The molecule has 2 rings (SSSR count). The lowest BCUT2D eigenvalue weighted by atomic mass is 10.2. The van der Waals surface area contributed by atoms with Crippen molar-refractivity contribution in [3.05, 3.63) is 41.2 Å². The molecule has 1 heterocycles. The van der Waals surface area contributed by atoms with Crippen LogP contribution in [0.5, 0.6) is 5.75 Å². The predicted octanol–water partition coefficient (Wildman–Crippen LogP) is 3.08. The number of halogens is 1. The van der Waals surface area contributed by atoms with Gasteiger partial charge in [0.25, 0.3) is 5.91 Å². The topological polar surface area (TPSA) is 67.2 Å². The van der Waals surface area contributed by atoms with Crippen molar-refractivity contribution in [1.82, 2.24) is 9.78 Å². The minimum Gasteiger partial charge on any atom is -0.508 e. The van der Waals surface area contributed by atoms with E-state index in [1.54, 1.807) is 17.1 Å². The highest BCUT2D eigenvalue weighted by molar-refractivity contribution is 6.34. The Balaban J connectivity index is 2.18. The van der Waals surface area contributed by atoms with Gasteiger partial charge < -0.3 is 10.4 Å². The number of aromatic nitrogens is 2. The van der Waals surface area contributed by atoms with Gasteiger partial charge in [-0.05, 0) is 32.0 Å². The Bertz CT molecular complexity index is 608. The number of anilines is 1. The van der Waals surface area contributed by atoms with Gasteiger partial charge in [0.2, 0.25) is 0 Å². The fourth-order valence-electron chi connectivity index (χ4n) is 1.57. The Kier molecular flexibility index (Phi) is 3.76. The Morgan fingerprint density at radius 3 is 2.84 bits per heavy atom. The first kappa shape index (κ1) is 13.4. The smallest absolute Gasteiger partial charge is 0.257 e. The van der Waals surface area contributed by atoms with Gasteiger partial charge in [0, 0.05) is 12.2 Å². The summed E-state index contributed by atoms with van der Waals surface area (Å²) in [6.45, 7) is 3.98. The van der Waals surface area contributed by atoms with Crippen LogP contribution in [-0.2, 0) is 0 Å². The molecule has 2 N–H and O–H groups in total. The Morgan fingerprint density at radius 2 is 2.21 bits per heavy atom. The molecule has 0 spiro atoms. The van der Waals surface area contributed by atoms with E-state index in [2.05, 4.69) is 10.4 Å². The lowest BCUT2D eigenvalue weighted by Crippen LogP contribution is -2.12. The van der Waals surface area contributed by atoms with Crippen molar-refractivity contribution in [2.45, 2.75) is 19.9 Å². The zero-order valence-corrected chi connectivity index (χ0v) is 11.3. The van der Waals surface area contributed by atoms with Gasteiger partial charge in [-0.15, -0.1) is 0 Å². The normalized spacial score (nSPS) is 10.7. The van der Waals surface area contributed by atoms with Crippen LogP contribution in [0, 0.1) is 0 Å². The lowest BCUT2D eigenvalue weighted by Gasteiger charge is -2.06. The molecule has 100 valence electrons. The van der Waals surface area contributed by atoms with Gasteiger partial charge in [0.15, 0.2) is 0 Å². The number of nitrogens with one attached hydrogen (secondary N) is 1. The molecule has 1 aromatic carbocycles. The fourth-order valence-corrected chi connectivity index (χ4v) is 1.77. The molecule has 19 heavy (non-hydrogen) atoms. The average Bonchev–Trinajstić information content (AvgIpc) is 2.80. The van der Waals surface area contributed by atoms with E-state index in [4.69, 9.17) is 11.6 Å². The summed E-state index contributed by atoms with van der Waals surface area (Å²) in [7, 11) is 0. The fraction of sp³-hybridized carbons (Fsp3) is 0.231. The highest BCUT2D eigenvalue weighted by Crippen LogP contribution is 2.22. The number of rotatable bonds is 3. The molecule has 0 bridgehead atoms. The molecule has 0 radical (unpaired) electrons. The summed E-state index contributed by atoms with van der Waals surface area (Å²) < 4.78 is 1.74. The van der Waals surface area contributed by atoms with Crippen molar-refractivity contribution in [3.63, 3.8) is 0 Å². The third-order valence-corrected chi connectivity index (χ3v) is 2.91. The van der Waals surface area contributed by atoms with E-state index < -0.39 is 0 Å². The summed E-state index contributed by atoms with van der Waals surface area (Å²) in [6.07, 6.45) is 3.30. The van der Waals surface area contributed by atoms with Crippen LogP contribution >= 0.6 is 11.6 Å². The van der Waals surface area contributed by atoms with Gasteiger partial charge in [0.1, 0.15) is 5.75 Å². The van der Waals surface area contributed by atoms with Crippen LogP contribution in [0.3, 0.4) is 0 Å². The number of carbonyl (C=O) groups is 1. The number of nitrogens with zero attached hydrogens (tertiary/aromatic N) is 2. The maximum absolute atomic E-state index is 12.0. The van der Waals surface area contributed by atoms with Crippen LogP contribution < -0.4 is 5.32 Å². The number of hydrogen-bond acceptors (Lipinski definition) is 3. The number of amides is 1. The molecule has 0 saturated carbocycles. The first-order chi connectivity index (χ1) is 8.97. The van der Waals surface area contributed by atoms with Gasteiger partial charge in [-0.2, -0.15) is 5.10 Å². The van der Waals surface area contributed by atoms with Crippen molar-refractivity contribution in [2.75, 3.05) is 5.32 Å². The standard InChI is InChI=1S/C13H14ClN3O2/c1-8(2)17-7-9(6-15-17)16-13(19)11-5-10(18)3-4-12(11)14/h3-8,18H,1-2H3,(H,16,19). The molecule has 1 aromatic heterocycles. The zero-order valence-electron chi connectivity index (χ0n) is 10.6. The summed E-state index contributed by atoms with van der Waals surface area (Å²) in [5.74, 6) is -0.392. The van der Waals surface area contributed by atoms with E-state index in [1.165, 1.54) is 18.2 Å². The van der Waals surface area contributed by atoms with Crippen LogP contribution in [0.2, 0.25) is 5.02 Å². The second-order valence-corrected chi connectivity index (χ2v) is 4.83. The molecule has 5 nitrogen and oxygen atoms in total. The minimum atomic E-state index is -0.385. The summed E-state index contributed by atoms with van der Waals surface area (Å²) >= 11 is 5.92. The second-order valence-electron chi connectivity index (χ2n) is 4.42. The van der Waals surface area contributed by atoms with Gasteiger partial charge in [-0.3, -0.25) is 9.48 Å². The highest BCUT2D eigenvalue weighted by Gasteiger charge is 2.12. The second kappa shape index (κ2) is 5.32. The van der Waals surface area contributed by atoms with E-state index in [1.807, 2.05) is 13.8 Å². The molecule has 1 amide bonds. The third-order valence-electron chi connectivity index (χ3n) is 2.58. The van der Waals surface area contributed by atoms with Crippen molar-refractivity contribution in [1.29, 1.82) is 0 Å². The molecular formula is C13H14ClN3O2. The number of benzene rings is 1. The highest BCUT2D eigenvalue weighted by atomic mass is 35.5. The molecule has 0 fully saturated rings. The first-order valence-corrected chi connectivity index (χ1v) is 6.19. The Labute approximate surface area is 115 Å². The number of phenols is 1. The van der Waals surface area contributed by atoms with Crippen LogP contribution in [-0.4, -0.2) is 20.8 Å². The quantitative estimate of drug-likeness (QED) is 0.907. The molecule has 0 aliphatic heterocycles. The summed E-state index contributed by atoms with van der Waals surface area (Å²) in [4.78, 5) is 12.0. The third kappa shape index (κ3) is 3.06. The molecule has 0 aliphatic rings. The van der Waals surface area contributed by atoms with E-state index in [0.717, 1.165) is 0 Å². The van der Waals surface area contributed by atoms with Gasteiger partial charge in [-0.1, -0.05) is 11.6 Å². The lowest BCUT2D eigenvalue weighted by molar-refractivity contribution is 0.102. The van der Waals surface area contributed by atoms with E-state index in [9.17, 15) is 9.90 Å². The van der Waals surface area contributed by atoms with Crippen molar-refractivity contribution in [3.8, 4) is 5.75 Å². The molecule has 0 atom stereocenters. The molecule has 0 aliphatic carbocycles. The SMILES string of the molecule is CC(C)n1cc(NC(=O)c2cc(O)ccc2Cl)cn1. The maximum Gasteiger partial charge on any atom is 0.257 e. The molecule has 0 unspecified atom stereocenters. The number of phenolic OH excluding ortho intramolecular Hbond substituents is 1. The van der Waals surface area contributed by atoms with E-state index in [-0.39, 0.29) is 28.3 Å². The summed E-state index contributed by atoms with van der Waals surface area (Å²) in [5, 5.41) is 16.5. The van der Waals surface area contributed by atoms with E-state index in [0.29, 0.717) is 5.69 Å². The zero-order chi connectivity index (χ0) is 14.0. The Hall–Kier alpha value is -2.01. The van der Waals surface area contributed by atoms with Crippen LogP contribution in [0.25, 0.3) is 0 Å². The number of carbonyl (C=O) groups excluding carboxylic acids is 1. The van der Waals surface area contributed by atoms with Gasteiger partial charge in [-0.25, -0.2) is 0 Å². The molecule has 2 aromatic rings. The molecule has 6 heteroatoms. The van der Waals surface area contributed by atoms with Gasteiger partial charge >= 0.3 is 0 Å². The van der Waals surface area contributed by atoms with Gasteiger partial charge in [0.05, 0.1) is 22.5 Å². The average molecular weight is 280 g/mol. The first-order valence-electron chi connectivity index (χ1n) is 5.81. The monoisotopic (exact) mass is 279 g/mol. The van der Waals surface area contributed by atoms with Crippen LogP contribution in [0.4, 0.5) is 5.69 Å². The number of hydrogen-bond donors (Lipinski definition) is 2. The maximum atomic E-state index is 12.0. The van der Waals surface area contributed by atoms with Crippen molar-refractivity contribution < 1.29 is 9.90 Å². The Morgan fingerprint density at radius 1 is 1.47 bits per heavy atom.